The first-order chi connectivity index (χ1) is 11.3. The molecular weight excluding hydrogens is 310 g/mol. The van der Waals surface area contributed by atoms with E-state index in [0.29, 0.717) is 13.2 Å². The zero-order valence-electron chi connectivity index (χ0n) is 12.6. The molecule has 0 radical (unpaired) electrons. The summed E-state index contributed by atoms with van der Waals surface area (Å²) in [6, 6.07) is 13.9. The number of fused-ring (bicyclic) bond motifs is 2. The summed E-state index contributed by atoms with van der Waals surface area (Å²) in [5.41, 5.74) is 5.87. The van der Waals surface area contributed by atoms with E-state index in [1.165, 1.54) is 0 Å². The zero-order chi connectivity index (χ0) is 15.6. The molecule has 0 saturated carbocycles. The fourth-order valence-corrected chi connectivity index (χ4v) is 3.19. The van der Waals surface area contributed by atoms with Crippen LogP contribution in [-0.2, 0) is 0 Å². The molecule has 1 aromatic heterocycles. The van der Waals surface area contributed by atoms with Crippen LogP contribution < -0.4 is 14.9 Å². The van der Waals surface area contributed by atoms with Crippen molar-refractivity contribution < 1.29 is 9.47 Å². The van der Waals surface area contributed by atoms with Gasteiger partial charge < -0.3 is 9.47 Å². The molecule has 1 aliphatic rings. The van der Waals surface area contributed by atoms with Crippen molar-refractivity contribution in [3.05, 3.63) is 48.0 Å². The number of hydrogen-bond donors (Lipinski definition) is 1. The molecule has 1 N–H and O–H groups in total. The first kappa shape index (κ1) is 14.0. The van der Waals surface area contributed by atoms with Gasteiger partial charge in [0, 0.05) is 5.56 Å². The molecule has 0 atom stereocenters. The third kappa shape index (κ3) is 2.85. The van der Waals surface area contributed by atoms with Crippen molar-refractivity contribution in [2.75, 3.05) is 18.6 Å². The Morgan fingerprint density at radius 1 is 1.13 bits per heavy atom. The second-order valence-corrected chi connectivity index (χ2v) is 6.18. The number of anilines is 1. The second-order valence-electron chi connectivity index (χ2n) is 5.15. The molecule has 2 heterocycles. The molecule has 5 nitrogen and oxygen atoms in total. The van der Waals surface area contributed by atoms with Crippen LogP contribution in [0, 0.1) is 0 Å². The summed E-state index contributed by atoms with van der Waals surface area (Å²) in [7, 11) is 0. The lowest BCUT2D eigenvalue weighted by Gasteiger charge is -2.18. The molecule has 23 heavy (non-hydrogen) atoms. The molecule has 1 aliphatic heterocycles. The molecule has 0 fully saturated rings. The highest BCUT2D eigenvalue weighted by atomic mass is 32.1. The summed E-state index contributed by atoms with van der Waals surface area (Å²) in [5, 5.41) is 5.21. The lowest BCUT2D eigenvalue weighted by Crippen LogP contribution is -2.15. The average molecular weight is 325 g/mol. The second kappa shape index (κ2) is 5.89. The number of para-hydroxylation sites is 1. The molecule has 6 heteroatoms. The number of thiazole rings is 1. The molecule has 0 saturated heterocycles. The van der Waals surface area contributed by atoms with Crippen molar-refractivity contribution in [1.29, 1.82) is 0 Å². The van der Waals surface area contributed by atoms with Gasteiger partial charge in [-0.1, -0.05) is 23.5 Å². The summed E-state index contributed by atoms with van der Waals surface area (Å²) in [6.07, 6.45) is 0. The van der Waals surface area contributed by atoms with E-state index in [1.807, 2.05) is 43.3 Å². The molecule has 0 unspecified atom stereocenters. The highest BCUT2D eigenvalue weighted by Crippen LogP contribution is 2.31. The van der Waals surface area contributed by atoms with Crippen molar-refractivity contribution >= 4 is 32.4 Å². The predicted octanol–water partition coefficient (Wildman–Crippen LogP) is 3.90. The van der Waals surface area contributed by atoms with Gasteiger partial charge in [0.05, 0.1) is 15.9 Å². The number of rotatable bonds is 3. The van der Waals surface area contributed by atoms with Gasteiger partial charge in [0.1, 0.15) is 13.2 Å². The summed E-state index contributed by atoms with van der Waals surface area (Å²) in [5.74, 6) is 1.55. The Balaban J connectivity index is 1.56. The number of nitrogens with zero attached hydrogens (tertiary/aromatic N) is 2. The van der Waals surface area contributed by atoms with Gasteiger partial charge in [-0.25, -0.2) is 4.98 Å². The van der Waals surface area contributed by atoms with Crippen LogP contribution >= 0.6 is 11.3 Å². The molecule has 4 rings (SSSR count). The van der Waals surface area contributed by atoms with Gasteiger partial charge in [0.15, 0.2) is 11.5 Å². The molecular formula is C17H15N3O2S. The molecule has 116 valence electrons. The third-order valence-electron chi connectivity index (χ3n) is 3.57. The van der Waals surface area contributed by atoms with E-state index in [0.717, 1.165) is 38.1 Å². The van der Waals surface area contributed by atoms with Crippen LogP contribution in [0.25, 0.3) is 10.2 Å². The van der Waals surface area contributed by atoms with E-state index in [2.05, 4.69) is 21.6 Å². The van der Waals surface area contributed by atoms with E-state index in [4.69, 9.17) is 9.47 Å². The van der Waals surface area contributed by atoms with E-state index in [-0.39, 0.29) is 0 Å². The number of benzene rings is 2. The fourth-order valence-electron chi connectivity index (χ4n) is 2.38. The standard InChI is InChI=1S/C17H15N3O2S/c1-11(12-6-7-14-15(10-12)22-9-8-21-14)19-20-17-18-13-4-2-3-5-16(13)23-17/h2-7,10H,8-9H2,1H3,(H,18,20)/b19-11-. The Bertz CT molecular complexity index is 855. The zero-order valence-corrected chi connectivity index (χ0v) is 13.4. The highest BCUT2D eigenvalue weighted by Gasteiger charge is 2.12. The van der Waals surface area contributed by atoms with Gasteiger partial charge >= 0.3 is 0 Å². The van der Waals surface area contributed by atoms with Crippen molar-refractivity contribution in [2.24, 2.45) is 5.10 Å². The van der Waals surface area contributed by atoms with Crippen molar-refractivity contribution in [1.82, 2.24) is 4.98 Å². The van der Waals surface area contributed by atoms with Gasteiger partial charge in [-0.05, 0) is 37.3 Å². The molecule has 3 aromatic rings. The quantitative estimate of drug-likeness (QED) is 0.586. The average Bonchev–Trinajstić information content (AvgIpc) is 3.02. The smallest absolute Gasteiger partial charge is 0.204 e. The van der Waals surface area contributed by atoms with E-state index >= 15 is 0 Å². The van der Waals surface area contributed by atoms with Gasteiger partial charge in [0.25, 0.3) is 0 Å². The maximum absolute atomic E-state index is 5.61. The largest absolute Gasteiger partial charge is 0.486 e. The van der Waals surface area contributed by atoms with E-state index < -0.39 is 0 Å². The van der Waals surface area contributed by atoms with Crippen molar-refractivity contribution in [2.45, 2.75) is 6.92 Å². The number of hydrazone groups is 1. The van der Waals surface area contributed by atoms with Crippen LogP contribution in [0.4, 0.5) is 5.13 Å². The summed E-state index contributed by atoms with van der Waals surface area (Å²) in [6.45, 7) is 3.13. The predicted molar refractivity (Wildman–Crippen MR) is 92.9 cm³/mol. The summed E-state index contributed by atoms with van der Waals surface area (Å²) >= 11 is 1.58. The molecule has 0 aliphatic carbocycles. The van der Waals surface area contributed by atoms with E-state index in [1.54, 1.807) is 11.3 Å². The summed E-state index contributed by atoms with van der Waals surface area (Å²) in [4.78, 5) is 4.50. The lowest BCUT2D eigenvalue weighted by atomic mass is 10.1. The maximum Gasteiger partial charge on any atom is 0.204 e. The van der Waals surface area contributed by atoms with Gasteiger partial charge in [-0.2, -0.15) is 5.10 Å². The van der Waals surface area contributed by atoms with E-state index in [9.17, 15) is 0 Å². The van der Waals surface area contributed by atoms with Crippen LogP contribution in [0.15, 0.2) is 47.6 Å². The number of nitrogens with one attached hydrogen (secondary N) is 1. The normalized spacial score (nSPS) is 14.0. The topological polar surface area (TPSA) is 55.7 Å². The number of hydrogen-bond acceptors (Lipinski definition) is 6. The van der Waals surface area contributed by atoms with Crippen molar-refractivity contribution in [3.63, 3.8) is 0 Å². The minimum absolute atomic E-state index is 0.580. The Kier molecular flexibility index (Phi) is 3.59. The fraction of sp³-hybridized carbons (Fsp3) is 0.176. The Morgan fingerprint density at radius 2 is 1.96 bits per heavy atom. The van der Waals surface area contributed by atoms with Crippen LogP contribution in [0.3, 0.4) is 0 Å². The Labute approximate surface area is 137 Å². The Hall–Kier alpha value is -2.60. The van der Waals surface area contributed by atoms with Gasteiger partial charge in [-0.15, -0.1) is 0 Å². The first-order valence-corrected chi connectivity index (χ1v) is 8.17. The highest BCUT2D eigenvalue weighted by molar-refractivity contribution is 7.22. The van der Waals surface area contributed by atoms with Crippen LogP contribution in [0.2, 0.25) is 0 Å². The van der Waals surface area contributed by atoms with Crippen LogP contribution in [0.1, 0.15) is 12.5 Å². The first-order valence-electron chi connectivity index (χ1n) is 7.35. The monoisotopic (exact) mass is 325 g/mol. The molecule has 2 aromatic carbocycles. The third-order valence-corrected chi connectivity index (χ3v) is 4.51. The minimum Gasteiger partial charge on any atom is -0.486 e. The molecule has 0 bridgehead atoms. The van der Waals surface area contributed by atoms with Crippen LogP contribution in [-0.4, -0.2) is 23.9 Å². The van der Waals surface area contributed by atoms with Gasteiger partial charge in [-0.3, -0.25) is 5.43 Å². The molecule has 0 spiro atoms. The lowest BCUT2D eigenvalue weighted by molar-refractivity contribution is 0.171. The van der Waals surface area contributed by atoms with Crippen LogP contribution in [0.5, 0.6) is 11.5 Å². The van der Waals surface area contributed by atoms with Gasteiger partial charge in [0.2, 0.25) is 5.13 Å². The van der Waals surface area contributed by atoms with Crippen molar-refractivity contribution in [3.8, 4) is 11.5 Å². The SMILES string of the molecule is C/C(=N/Nc1nc2ccccc2s1)c1ccc2c(c1)OCCO2. The maximum atomic E-state index is 5.61. The number of aromatic nitrogens is 1. The Morgan fingerprint density at radius 3 is 2.83 bits per heavy atom. The summed E-state index contributed by atoms with van der Waals surface area (Å²) < 4.78 is 12.3. The minimum atomic E-state index is 0.580. The number of ether oxygens (including phenoxy) is 2. The molecule has 0 amide bonds.